The largest absolute Gasteiger partial charge is 0.374 e. The van der Waals surface area contributed by atoms with Gasteiger partial charge in [0.15, 0.2) is 11.2 Å². The van der Waals surface area contributed by atoms with E-state index in [0.717, 1.165) is 5.56 Å². The summed E-state index contributed by atoms with van der Waals surface area (Å²) >= 11 is 0. The zero-order valence-electron chi connectivity index (χ0n) is 26.1. The minimum atomic E-state index is -3.25. The predicted molar refractivity (Wildman–Crippen MR) is 167 cm³/mol. The fourth-order valence-corrected chi connectivity index (χ4v) is 8.34. The Balaban J connectivity index is 1.65. The molecule has 0 spiro atoms. The van der Waals surface area contributed by atoms with Gasteiger partial charge in [0, 0.05) is 24.4 Å². The van der Waals surface area contributed by atoms with Gasteiger partial charge in [0.05, 0.1) is 32.0 Å². The van der Waals surface area contributed by atoms with Gasteiger partial charge in [-0.25, -0.2) is 9.88 Å². The number of amides is 1. The highest BCUT2D eigenvalue weighted by Gasteiger charge is 2.54. The summed E-state index contributed by atoms with van der Waals surface area (Å²) in [6, 6.07) is 11.8. The van der Waals surface area contributed by atoms with Crippen LogP contribution in [0.2, 0.25) is 0 Å². The average Bonchev–Trinajstić information content (AvgIpc) is 3.56. The van der Waals surface area contributed by atoms with Gasteiger partial charge < -0.3 is 9.47 Å². The molecule has 14 heteroatoms. The number of nitrogens with one attached hydrogen (secondary N) is 2. The van der Waals surface area contributed by atoms with Crippen molar-refractivity contribution in [3.8, 4) is 6.07 Å². The maximum absolute atomic E-state index is 12.8. The molecule has 1 saturated heterocycles. The molecule has 1 fully saturated rings. The number of aromatic amines is 1. The molecule has 0 bridgehead atoms. The Labute approximate surface area is 258 Å². The van der Waals surface area contributed by atoms with Crippen LogP contribution in [-0.4, -0.2) is 72.1 Å². The molecule has 0 saturated carbocycles. The summed E-state index contributed by atoms with van der Waals surface area (Å²) < 4.78 is 22.7. The fourth-order valence-electron chi connectivity index (χ4n) is 5.41. The first kappa shape index (κ1) is 33.6. The standard InChI is InChI=1S/C30H42N7O6P/c1-19(2)28(38)34-30-33-27-26(29(39)35-30)32-18-36(27)25-15-23(24(42-25)17-41-16-22-11-8-7-9-12-22)43-44(40,14-10-13-31)37(20(3)4)21(5)6/h7-9,11-12,18-21,23-25,40H,10,14-17H2,1-6H3,(H-,33,34,35,38,39)/p+1/t23-,24+,25+,44?/m0/s1. The first-order chi connectivity index (χ1) is 20.9. The van der Waals surface area contributed by atoms with E-state index in [2.05, 4.69) is 26.3 Å². The molecule has 1 amide bonds. The Kier molecular flexibility index (Phi) is 11.2. The summed E-state index contributed by atoms with van der Waals surface area (Å²) in [5, 5.41) is 12.0. The summed E-state index contributed by atoms with van der Waals surface area (Å²) in [5.74, 6) is -0.592. The van der Waals surface area contributed by atoms with E-state index in [-0.39, 0.29) is 60.2 Å². The third-order valence-electron chi connectivity index (χ3n) is 7.32. The minimum absolute atomic E-state index is 0.0119. The summed E-state index contributed by atoms with van der Waals surface area (Å²) in [6.45, 7) is 12.0. The lowest BCUT2D eigenvalue weighted by molar-refractivity contribution is -0.118. The van der Waals surface area contributed by atoms with Gasteiger partial charge in [-0.2, -0.15) is 14.8 Å². The van der Waals surface area contributed by atoms with Gasteiger partial charge in [-0.3, -0.25) is 24.5 Å². The van der Waals surface area contributed by atoms with E-state index in [4.69, 9.17) is 14.0 Å². The molecule has 2 aromatic heterocycles. The van der Waals surface area contributed by atoms with Gasteiger partial charge in [-0.1, -0.05) is 44.2 Å². The molecule has 1 aliphatic heterocycles. The lowest BCUT2D eigenvalue weighted by atomic mass is 10.2. The highest BCUT2D eigenvalue weighted by Crippen LogP contribution is 2.63. The van der Waals surface area contributed by atoms with Crippen molar-refractivity contribution in [1.82, 2.24) is 24.2 Å². The number of aromatic nitrogens is 4. The number of carbonyl (C=O) groups is 1. The molecular weight excluding hydrogens is 585 g/mol. The Hall–Kier alpha value is -3.24. The zero-order chi connectivity index (χ0) is 32.0. The summed E-state index contributed by atoms with van der Waals surface area (Å²) in [7, 11) is -3.25. The topological polar surface area (TPSA) is 168 Å². The molecule has 1 unspecified atom stereocenters. The predicted octanol–water partition coefficient (Wildman–Crippen LogP) is 4.39. The number of ether oxygens (including phenoxy) is 2. The maximum Gasteiger partial charge on any atom is 0.347 e. The molecule has 238 valence electrons. The van der Waals surface area contributed by atoms with Gasteiger partial charge in [-0.15, -0.1) is 4.67 Å². The number of nitriles is 1. The van der Waals surface area contributed by atoms with Crippen LogP contribution in [0.4, 0.5) is 5.95 Å². The van der Waals surface area contributed by atoms with E-state index in [1.54, 1.807) is 18.4 Å². The first-order valence-electron chi connectivity index (χ1n) is 14.9. The van der Waals surface area contributed by atoms with E-state index in [1.807, 2.05) is 62.7 Å². The molecule has 0 radical (unpaired) electrons. The second kappa shape index (κ2) is 14.7. The monoisotopic (exact) mass is 628 g/mol. The van der Waals surface area contributed by atoms with E-state index in [1.165, 1.54) is 6.33 Å². The van der Waals surface area contributed by atoms with Crippen molar-refractivity contribution < 1.29 is 23.7 Å². The Morgan fingerprint density at radius 3 is 2.59 bits per heavy atom. The normalized spacial score (nSPS) is 20.1. The van der Waals surface area contributed by atoms with Crippen molar-refractivity contribution in [1.29, 1.82) is 5.26 Å². The smallest absolute Gasteiger partial charge is 0.347 e. The number of benzene rings is 1. The molecule has 3 aromatic rings. The van der Waals surface area contributed by atoms with Gasteiger partial charge in [0.2, 0.25) is 11.9 Å². The molecule has 3 N–H and O–H groups in total. The second-order valence-electron chi connectivity index (χ2n) is 11.8. The van der Waals surface area contributed by atoms with E-state index < -0.39 is 31.9 Å². The summed E-state index contributed by atoms with van der Waals surface area (Å²) in [6.07, 6.45) is 0.242. The quantitative estimate of drug-likeness (QED) is 0.218. The van der Waals surface area contributed by atoms with Crippen LogP contribution in [0.25, 0.3) is 11.2 Å². The number of hydrogen-bond acceptors (Lipinski definition) is 10. The number of hydrogen-bond donors (Lipinski definition) is 3. The van der Waals surface area contributed by atoms with Gasteiger partial charge in [0.1, 0.15) is 24.6 Å². The molecular formula is C30H43N7O6P+. The fraction of sp³-hybridized carbons (Fsp3) is 0.567. The lowest BCUT2D eigenvalue weighted by Crippen LogP contribution is -2.41. The van der Waals surface area contributed by atoms with Crippen molar-refractivity contribution >= 4 is 30.9 Å². The third kappa shape index (κ3) is 7.88. The van der Waals surface area contributed by atoms with Crippen LogP contribution in [0.5, 0.6) is 0 Å². The molecule has 3 heterocycles. The van der Waals surface area contributed by atoms with Crippen LogP contribution in [0.3, 0.4) is 0 Å². The zero-order valence-corrected chi connectivity index (χ0v) is 27.0. The number of rotatable bonds is 14. The Morgan fingerprint density at radius 1 is 1.25 bits per heavy atom. The Bertz CT molecular complexity index is 1500. The van der Waals surface area contributed by atoms with Crippen LogP contribution in [0, 0.1) is 17.2 Å². The van der Waals surface area contributed by atoms with Gasteiger partial charge in [0.25, 0.3) is 5.56 Å². The molecule has 4 atom stereocenters. The second-order valence-corrected chi connectivity index (χ2v) is 14.2. The van der Waals surface area contributed by atoms with E-state index in [9.17, 15) is 19.7 Å². The third-order valence-corrected chi connectivity index (χ3v) is 10.4. The number of imidazole rings is 1. The number of carbonyl (C=O) groups excluding carboxylic acids is 1. The number of fused-ring (bicyclic) bond motifs is 1. The van der Waals surface area contributed by atoms with Crippen molar-refractivity contribution in [2.24, 2.45) is 5.92 Å². The maximum atomic E-state index is 12.8. The summed E-state index contributed by atoms with van der Waals surface area (Å²) in [4.78, 5) is 48.5. The molecule has 13 nitrogen and oxygen atoms in total. The highest BCUT2D eigenvalue weighted by molar-refractivity contribution is 7.63. The van der Waals surface area contributed by atoms with Crippen LogP contribution < -0.4 is 10.9 Å². The van der Waals surface area contributed by atoms with Crippen molar-refractivity contribution in [3.63, 3.8) is 0 Å². The minimum Gasteiger partial charge on any atom is -0.374 e. The summed E-state index contributed by atoms with van der Waals surface area (Å²) in [5.41, 5.74) is 0.843. The first-order valence-corrected chi connectivity index (χ1v) is 16.7. The number of anilines is 1. The number of H-pyrrole nitrogens is 1. The lowest BCUT2D eigenvalue weighted by Gasteiger charge is -2.36. The van der Waals surface area contributed by atoms with E-state index in [0.29, 0.717) is 13.0 Å². The van der Waals surface area contributed by atoms with Crippen LogP contribution in [0.1, 0.15) is 66.2 Å². The van der Waals surface area contributed by atoms with Crippen molar-refractivity contribution in [3.05, 3.63) is 52.6 Å². The van der Waals surface area contributed by atoms with Crippen LogP contribution in [0.15, 0.2) is 41.5 Å². The van der Waals surface area contributed by atoms with Crippen molar-refractivity contribution in [2.45, 2.75) is 91.5 Å². The molecule has 44 heavy (non-hydrogen) atoms. The molecule has 0 aliphatic carbocycles. The van der Waals surface area contributed by atoms with Gasteiger partial charge >= 0.3 is 7.87 Å². The molecule has 1 aliphatic rings. The van der Waals surface area contributed by atoms with Gasteiger partial charge in [-0.05, 0) is 33.3 Å². The van der Waals surface area contributed by atoms with Crippen LogP contribution in [-0.2, 0) is 25.4 Å². The van der Waals surface area contributed by atoms with Crippen LogP contribution >= 0.6 is 7.87 Å². The average molecular weight is 629 g/mol. The molecule has 4 rings (SSSR count). The van der Waals surface area contributed by atoms with E-state index >= 15 is 0 Å². The highest BCUT2D eigenvalue weighted by atomic mass is 31.2. The molecule has 1 aromatic carbocycles. The Morgan fingerprint density at radius 2 is 1.95 bits per heavy atom. The number of nitrogens with zero attached hydrogens (tertiary/aromatic N) is 5. The SMILES string of the molecule is CC(C)C(=O)Nc1nc2c(ncn2[C@H]2C[C@H](O[P+](O)(CCC#N)N(C(C)C)C(C)C)[C@@H](COCc3ccccc3)O2)c(=O)[nH]1. The van der Waals surface area contributed by atoms with Crippen molar-refractivity contribution in [2.75, 3.05) is 18.1 Å².